The van der Waals surface area contributed by atoms with Gasteiger partial charge in [-0.3, -0.25) is 0 Å². The van der Waals surface area contributed by atoms with Gasteiger partial charge in [0.25, 0.3) is 0 Å². The third kappa shape index (κ3) is 4.56. The van der Waals surface area contributed by atoms with E-state index < -0.39 is 10.0 Å². The minimum absolute atomic E-state index is 0.340. The van der Waals surface area contributed by atoms with Crippen molar-refractivity contribution in [3.8, 4) is 0 Å². The van der Waals surface area contributed by atoms with Crippen LogP contribution in [0.25, 0.3) is 0 Å². The molecule has 1 saturated carbocycles. The second-order valence-electron chi connectivity index (χ2n) is 5.49. The summed E-state index contributed by atoms with van der Waals surface area (Å²) in [6, 6.07) is 0. The molecule has 0 amide bonds. The standard InChI is InChI=1S/C12H24N2O2S/c15-17(16,10-11-4-2-1-3-5-11)14-9-12-6-7-13-8-12/h11-14H,1-10H2. The van der Waals surface area contributed by atoms with Crippen LogP contribution in [0.15, 0.2) is 0 Å². The highest BCUT2D eigenvalue weighted by Crippen LogP contribution is 2.24. The van der Waals surface area contributed by atoms with Crippen LogP contribution in [-0.4, -0.2) is 33.8 Å². The minimum atomic E-state index is -3.05. The average Bonchev–Trinajstić information content (AvgIpc) is 2.80. The van der Waals surface area contributed by atoms with Gasteiger partial charge in [-0.15, -0.1) is 0 Å². The van der Waals surface area contributed by atoms with Crippen LogP contribution in [-0.2, 0) is 10.0 Å². The lowest BCUT2D eigenvalue weighted by Gasteiger charge is -2.21. The summed E-state index contributed by atoms with van der Waals surface area (Å²) in [6.07, 6.45) is 6.95. The van der Waals surface area contributed by atoms with E-state index in [0.29, 0.717) is 24.1 Å². The molecular weight excluding hydrogens is 236 g/mol. The third-order valence-electron chi connectivity index (χ3n) is 3.93. The Morgan fingerprint density at radius 2 is 1.82 bits per heavy atom. The summed E-state index contributed by atoms with van der Waals surface area (Å²) in [5.74, 6) is 1.21. The average molecular weight is 260 g/mol. The summed E-state index contributed by atoms with van der Waals surface area (Å²) in [5.41, 5.74) is 0. The van der Waals surface area contributed by atoms with Crippen molar-refractivity contribution >= 4 is 10.0 Å². The van der Waals surface area contributed by atoms with Gasteiger partial charge in [-0.25, -0.2) is 13.1 Å². The van der Waals surface area contributed by atoms with Crippen molar-refractivity contribution in [3.05, 3.63) is 0 Å². The smallest absolute Gasteiger partial charge is 0.211 e. The van der Waals surface area contributed by atoms with Crippen LogP contribution < -0.4 is 10.0 Å². The highest BCUT2D eigenvalue weighted by atomic mass is 32.2. The summed E-state index contributed by atoms with van der Waals surface area (Å²) >= 11 is 0. The van der Waals surface area contributed by atoms with E-state index >= 15 is 0 Å². The Hall–Kier alpha value is -0.130. The van der Waals surface area contributed by atoms with Crippen molar-refractivity contribution in [3.63, 3.8) is 0 Å². The fourth-order valence-corrected chi connectivity index (χ4v) is 4.42. The minimum Gasteiger partial charge on any atom is -0.316 e. The van der Waals surface area contributed by atoms with Crippen LogP contribution in [0.5, 0.6) is 0 Å². The number of rotatable bonds is 5. The molecule has 0 radical (unpaired) electrons. The zero-order valence-corrected chi connectivity index (χ0v) is 11.3. The molecule has 5 heteroatoms. The first-order valence-electron chi connectivity index (χ1n) is 6.84. The van der Waals surface area contributed by atoms with Crippen molar-refractivity contribution < 1.29 is 8.42 Å². The topological polar surface area (TPSA) is 58.2 Å². The van der Waals surface area contributed by atoms with E-state index in [4.69, 9.17) is 0 Å². The molecular formula is C12H24N2O2S. The second kappa shape index (κ2) is 6.16. The summed E-state index contributed by atoms with van der Waals surface area (Å²) in [4.78, 5) is 0. The lowest BCUT2D eigenvalue weighted by molar-refractivity contribution is 0.383. The maximum absolute atomic E-state index is 11.9. The Labute approximate surface area is 105 Å². The molecule has 1 heterocycles. The zero-order chi connectivity index (χ0) is 12.1. The monoisotopic (exact) mass is 260 g/mol. The quantitative estimate of drug-likeness (QED) is 0.778. The predicted octanol–water partition coefficient (Wildman–Crippen LogP) is 1.10. The molecule has 0 aromatic heterocycles. The van der Waals surface area contributed by atoms with Crippen LogP contribution >= 0.6 is 0 Å². The van der Waals surface area contributed by atoms with E-state index in [-0.39, 0.29) is 0 Å². The molecule has 0 aromatic carbocycles. The number of hydrogen-bond acceptors (Lipinski definition) is 3. The lowest BCUT2D eigenvalue weighted by Crippen LogP contribution is -2.34. The van der Waals surface area contributed by atoms with Crippen LogP contribution in [0, 0.1) is 11.8 Å². The molecule has 1 aliphatic carbocycles. The molecule has 2 fully saturated rings. The Balaban J connectivity index is 1.73. The fraction of sp³-hybridized carbons (Fsp3) is 1.00. The predicted molar refractivity (Wildman–Crippen MR) is 69.3 cm³/mol. The van der Waals surface area contributed by atoms with Crippen molar-refractivity contribution in [1.82, 2.24) is 10.0 Å². The van der Waals surface area contributed by atoms with Gasteiger partial charge in [-0.1, -0.05) is 19.3 Å². The first-order chi connectivity index (χ1) is 8.16. The van der Waals surface area contributed by atoms with Crippen LogP contribution in [0.1, 0.15) is 38.5 Å². The number of hydrogen-bond donors (Lipinski definition) is 2. The van der Waals surface area contributed by atoms with Crippen LogP contribution in [0.3, 0.4) is 0 Å². The van der Waals surface area contributed by atoms with E-state index in [1.165, 1.54) is 19.3 Å². The van der Waals surface area contributed by atoms with Crippen molar-refractivity contribution in [2.24, 2.45) is 11.8 Å². The molecule has 1 unspecified atom stereocenters. The molecule has 0 bridgehead atoms. The summed E-state index contributed by atoms with van der Waals surface area (Å²) in [5, 5.41) is 3.26. The van der Waals surface area contributed by atoms with Gasteiger partial charge in [0.2, 0.25) is 10.0 Å². The van der Waals surface area contributed by atoms with Gasteiger partial charge in [0.1, 0.15) is 0 Å². The van der Waals surface area contributed by atoms with Gasteiger partial charge in [0, 0.05) is 6.54 Å². The Morgan fingerprint density at radius 3 is 2.47 bits per heavy atom. The molecule has 2 rings (SSSR count). The molecule has 1 aliphatic heterocycles. The van der Waals surface area contributed by atoms with Crippen molar-refractivity contribution in [2.75, 3.05) is 25.4 Å². The van der Waals surface area contributed by atoms with Crippen LogP contribution in [0.2, 0.25) is 0 Å². The van der Waals surface area contributed by atoms with Gasteiger partial charge < -0.3 is 5.32 Å². The maximum atomic E-state index is 11.9. The number of nitrogens with one attached hydrogen (secondary N) is 2. The lowest BCUT2D eigenvalue weighted by atomic mass is 9.91. The third-order valence-corrected chi connectivity index (χ3v) is 5.45. The van der Waals surface area contributed by atoms with Gasteiger partial charge >= 0.3 is 0 Å². The van der Waals surface area contributed by atoms with Gasteiger partial charge in [0.15, 0.2) is 0 Å². The summed E-state index contributed by atoms with van der Waals surface area (Å²) in [6.45, 7) is 2.59. The van der Waals surface area contributed by atoms with Crippen molar-refractivity contribution in [1.29, 1.82) is 0 Å². The highest BCUT2D eigenvalue weighted by molar-refractivity contribution is 7.89. The normalized spacial score (nSPS) is 27.4. The SMILES string of the molecule is O=S(=O)(CC1CCCCC1)NCC1CCNC1. The second-order valence-corrected chi connectivity index (χ2v) is 7.34. The highest BCUT2D eigenvalue weighted by Gasteiger charge is 2.22. The molecule has 2 N–H and O–H groups in total. The fourth-order valence-electron chi connectivity index (χ4n) is 2.86. The van der Waals surface area contributed by atoms with Gasteiger partial charge in [-0.05, 0) is 44.2 Å². The van der Waals surface area contributed by atoms with E-state index in [2.05, 4.69) is 10.0 Å². The largest absolute Gasteiger partial charge is 0.316 e. The molecule has 17 heavy (non-hydrogen) atoms. The Morgan fingerprint density at radius 1 is 1.06 bits per heavy atom. The first kappa shape index (κ1) is 13.3. The summed E-state index contributed by atoms with van der Waals surface area (Å²) < 4.78 is 26.6. The molecule has 2 aliphatic rings. The Kier molecular flexibility index (Phi) is 4.82. The van der Waals surface area contributed by atoms with E-state index in [9.17, 15) is 8.42 Å². The molecule has 1 atom stereocenters. The number of sulfonamides is 1. The first-order valence-corrected chi connectivity index (χ1v) is 8.49. The molecule has 1 saturated heterocycles. The molecule has 100 valence electrons. The van der Waals surface area contributed by atoms with E-state index in [1.807, 2.05) is 0 Å². The van der Waals surface area contributed by atoms with Gasteiger partial charge in [0.05, 0.1) is 5.75 Å². The zero-order valence-electron chi connectivity index (χ0n) is 10.5. The molecule has 0 spiro atoms. The Bertz CT molecular complexity index is 317. The van der Waals surface area contributed by atoms with E-state index in [1.54, 1.807) is 0 Å². The maximum Gasteiger partial charge on any atom is 0.211 e. The van der Waals surface area contributed by atoms with Crippen LogP contribution in [0.4, 0.5) is 0 Å². The summed E-state index contributed by atoms with van der Waals surface area (Å²) in [7, 11) is -3.05. The molecule has 0 aromatic rings. The van der Waals surface area contributed by atoms with Gasteiger partial charge in [-0.2, -0.15) is 0 Å². The van der Waals surface area contributed by atoms with E-state index in [0.717, 1.165) is 32.4 Å². The molecule has 4 nitrogen and oxygen atoms in total. The van der Waals surface area contributed by atoms with Crippen molar-refractivity contribution in [2.45, 2.75) is 38.5 Å².